The SMILES string of the molecule is CC(C)(C)C1CCCN(CCCOc2ccc(S(C)(=O)=O)cc2)CC1. The number of likely N-dealkylation sites (tertiary alicyclic amines) is 1. The van der Waals surface area contributed by atoms with Gasteiger partial charge in [0.2, 0.25) is 0 Å². The standard InChI is InChI=1S/C20H33NO3S/c1-20(2,3)17-7-5-13-21(15-12-17)14-6-16-24-18-8-10-19(11-9-18)25(4,22)23/h8-11,17H,5-7,12-16H2,1-4H3. The number of sulfone groups is 1. The predicted octanol–water partition coefficient (Wildman–Crippen LogP) is 4.01. The van der Waals surface area contributed by atoms with Crippen LogP contribution >= 0.6 is 0 Å². The molecule has 1 atom stereocenters. The summed E-state index contributed by atoms with van der Waals surface area (Å²) < 4.78 is 28.6. The fraction of sp³-hybridized carbons (Fsp3) is 0.700. The van der Waals surface area contributed by atoms with E-state index in [0.29, 0.717) is 16.9 Å². The maximum absolute atomic E-state index is 11.4. The van der Waals surface area contributed by atoms with E-state index in [1.165, 1.54) is 38.6 Å². The Morgan fingerprint density at radius 3 is 2.40 bits per heavy atom. The summed E-state index contributed by atoms with van der Waals surface area (Å²) >= 11 is 0. The second kappa shape index (κ2) is 8.54. The number of hydrogen-bond acceptors (Lipinski definition) is 4. The molecule has 1 heterocycles. The van der Waals surface area contributed by atoms with Crippen molar-refractivity contribution in [3.8, 4) is 5.75 Å². The van der Waals surface area contributed by atoms with E-state index in [1.807, 2.05) is 0 Å². The first-order valence-electron chi connectivity index (χ1n) is 9.31. The zero-order chi connectivity index (χ0) is 18.5. The molecule has 2 rings (SSSR count). The van der Waals surface area contributed by atoms with Gasteiger partial charge in [0.25, 0.3) is 0 Å². The predicted molar refractivity (Wildman–Crippen MR) is 103 cm³/mol. The first-order chi connectivity index (χ1) is 11.7. The van der Waals surface area contributed by atoms with Gasteiger partial charge in [-0.1, -0.05) is 20.8 Å². The molecule has 0 aromatic heterocycles. The van der Waals surface area contributed by atoms with E-state index in [-0.39, 0.29) is 0 Å². The average molecular weight is 368 g/mol. The lowest BCUT2D eigenvalue weighted by Gasteiger charge is -2.29. The number of hydrogen-bond donors (Lipinski definition) is 0. The Kier molecular flexibility index (Phi) is 6.92. The highest BCUT2D eigenvalue weighted by molar-refractivity contribution is 7.90. The van der Waals surface area contributed by atoms with E-state index in [2.05, 4.69) is 25.7 Å². The Bertz CT molecular complexity index is 632. The van der Waals surface area contributed by atoms with Gasteiger partial charge < -0.3 is 9.64 Å². The normalized spacial score (nSPS) is 20.2. The summed E-state index contributed by atoms with van der Waals surface area (Å²) in [6, 6.07) is 6.67. The molecule has 1 aliphatic heterocycles. The fourth-order valence-corrected chi connectivity index (χ4v) is 4.14. The summed E-state index contributed by atoms with van der Waals surface area (Å²) in [6.45, 7) is 11.2. The molecule has 0 bridgehead atoms. The summed E-state index contributed by atoms with van der Waals surface area (Å²) in [4.78, 5) is 2.89. The maximum atomic E-state index is 11.4. The second-order valence-electron chi connectivity index (χ2n) is 8.28. The smallest absolute Gasteiger partial charge is 0.175 e. The zero-order valence-electron chi connectivity index (χ0n) is 16.1. The Labute approximate surface area is 153 Å². The van der Waals surface area contributed by atoms with Gasteiger partial charge in [-0.25, -0.2) is 8.42 Å². The number of rotatable bonds is 6. The van der Waals surface area contributed by atoms with Crippen LogP contribution in [0.25, 0.3) is 0 Å². The van der Waals surface area contributed by atoms with Crippen molar-refractivity contribution < 1.29 is 13.2 Å². The van der Waals surface area contributed by atoms with Crippen LogP contribution in [0, 0.1) is 11.3 Å². The molecule has 1 aromatic carbocycles. The average Bonchev–Trinajstić information content (AvgIpc) is 2.76. The number of benzene rings is 1. The van der Waals surface area contributed by atoms with Crippen LogP contribution in [0.3, 0.4) is 0 Å². The quantitative estimate of drug-likeness (QED) is 0.713. The summed E-state index contributed by atoms with van der Waals surface area (Å²) in [6.07, 6.45) is 6.12. The molecule has 0 radical (unpaired) electrons. The zero-order valence-corrected chi connectivity index (χ0v) is 16.9. The Morgan fingerprint density at radius 1 is 1.12 bits per heavy atom. The van der Waals surface area contributed by atoms with Gasteiger partial charge >= 0.3 is 0 Å². The monoisotopic (exact) mass is 367 g/mol. The molecular formula is C20H33NO3S. The topological polar surface area (TPSA) is 46.6 Å². The first-order valence-corrected chi connectivity index (χ1v) is 11.2. The highest BCUT2D eigenvalue weighted by Crippen LogP contribution is 2.34. The van der Waals surface area contributed by atoms with Crippen molar-refractivity contribution in [2.75, 3.05) is 32.5 Å². The van der Waals surface area contributed by atoms with Crippen molar-refractivity contribution in [2.45, 2.75) is 51.3 Å². The van der Waals surface area contributed by atoms with E-state index in [1.54, 1.807) is 24.3 Å². The van der Waals surface area contributed by atoms with Crippen LogP contribution in [0.2, 0.25) is 0 Å². The van der Waals surface area contributed by atoms with Crippen LogP contribution in [0.15, 0.2) is 29.2 Å². The van der Waals surface area contributed by atoms with Gasteiger partial charge in [-0.15, -0.1) is 0 Å². The van der Waals surface area contributed by atoms with Crippen LogP contribution in [0.1, 0.15) is 46.5 Å². The molecule has 0 amide bonds. The van der Waals surface area contributed by atoms with Crippen molar-refractivity contribution in [1.29, 1.82) is 0 Å². The minimum atomic E-state index is -3.14. The highest BCUT2D eigenvalue weighted by atomic mass is 32.2. The highest BCUT2D eigenvalue weighted by Gasteiger charge is 2.26. The Hall–Kier alpha value is -1.07. The molecule has 142 valence electrons. The molecule has 1 aliphatic rings. The van der Waals surface area contributed by atoms with Crippen LogP contribution in [0.4, 0.5) is 0 Å². The van der Waals surface area contributed by atoms with Crippen molar-refractivity contribution in [1.82, 2.24) is 4.90 Å². The molecule has 1 saturated heterocycles. The van der Waals surface area contributed by atoms with Crippen molar-refractivity contribution in [2.24, 2.45) is 11.3 Å². The van der Waals surface area contributed by atoms with Crippen molar-refractivity contribution in [3.05, 3.63) is 24.3 Å². The van der Waals surface area contributed by atoms with E-state index in [4.69, 9.17) is 4.74 Å². The van der Waals surface area contributed by atoms with Crippen molar-refractivity contribution >= 4 is 9.84 Å². The van der Waals surface area contributed by atoms with Gasteiger partial charge in [0.05, 0.1) is 11.5 Å². The lowest BCUT2D eigenvalue weighted by Crippen LogP contribution is -2.28. The van der Waals surface area contributed by atoms with E-state index >= 15 is 0 Å². The van der Waals surface area contributed by atoms with Gasteiger partial charge in [-0.3, -0.25) is 0 Å². The van der Waals surface area contributed by atoms with Crippen LogP contribution in [0.5, 0.6) is 5.75 Å². The van der Waals surface area contributed by atoms with Crippen LogP contribution < -0.4 is 4.74 Å². The van der Waals surface area contributed by atoms with Crippen LogP contribution in [-0.2, 0) is 9.84 Å². The molecule has 5 heteroatoms. The molecule has 1 aromatic rings. The second-order valence-corrected chi connectivity index (χ2v) is 10.3. The number of nitrogens with zero attached hydrogens (tertiary/aromatic N) is 1. The van der Waals surface area contributed by atoms with Gasteiger partial charge in [0.1, 0.15) is 5.75 Å². The van der Waals surface area contributed by atoms with E-state index in [9.17, 15) is 8.42 Å². The molecule has 0 aliphatic carbocycles. The van der Waals surface area contributed by atoms with Gasteiger partial charge in [-0.2, -0.15) is 0 Å². The molecule has 0 saturated carbocycles. The summed E-state index contributed by atoms with van der Waals surface area (Å²) in [5.74, 6) is 1.55. The fourth-order valence-electron chi connectivity index (χ4n) is 3.51. The van der Waals surface area contributed by atoms with E-state index < -0.39 is 9.84 Å². The summed E-state index contributed by atoms with van der Waals surface area (Å²) in [5.41, 5.74) is 0.414. The van der Waals surface area contributed by atoms with Gasteiger partial charge in [0.15, 0.2) is 9.84 Å². The third-order valence-electron chi connectivity index (χ3n) is 5.18. The third-order valence-corrected chi connectivity index (χ3v) is 6.31. The molecule has 4 nitrogen and oxygen atoms in total. The lowest BCUT2D eigenvalue weighted by molar-refractivity contribution is 0.202. The third kappa shape index (κ3) is 6.63. The molecule has 1 unspecified atom stereocenters. The molecule has 25 heavy (non-hydrogen) atoms. The van der Waals surface area contributed by atoms with Crippen molar-refractivity contribution in [3.63, 3.8) is 0 Å². The molecule has 0 N–H and O–H groups in total. The minimum absolute atomic E-state index is 0.331. The summed E-state index contributed by atoms with van der Waals surface area (Å²) in [7, 11) is -3.14. The Balaban J connectivity index is 1.71. The maximum Gasteiger partial charge on any atom is 0.175 e. The van der Waals surface area contributed by atoms with Gasteiger partial charge in [0, 0.05) is 12.8 Å². The Morgan fingerprint density at radius 2 is 1.80 bits per heavy atom. The number of ether oxygens (including phenoxy) is 1. The van der Waals surface area contributed by atoms with Gasteiger partial charge in [-0.05, 0) is 74.4 Å². The molecular weight excluding hydrogens is 334 g/mol. The first kappa shape index (κ1) is 20.2. The molecule has 1 fully saturated rings. The largest absolute Gasteiger partial charge is 0.494 e. The molecule has 0 spiro atoms. The van der Waals surface area contributed by atoms with E-state index in [0.717, 1.165) is 24.6 Å². The minimum Gasteiger partial charge on any atom is -0.494 e. The summed E-state index contributed by atoms with van der Waals surface area (Å²) in [5, 5.41) is 0. The van der Waals surface area contributed by atoms with Crippen LogP contribution in [-0.4, -0.2) is 45.8 Å². The lowest BCUT2D eigenvalue weighted by atomic mass is 9.77.